The van der Waals surface area contributed by atoms with Gasteiger partial charge in [0.05, 0.1) is 13.2 Å². The number of aryl methyl sites for hydroxylation is 1. The van der Waals surface area contributed by atoms with Crippen LogP contribution >= 0.6 is 11.3 Å². The van der Waals surface area contributed by atoms with Gasteiger partial charge in [-0.05, 0) is 50.0 Å². The predicted octanol–water partition coefficient (Wildman–Crippen LogP) is 5.72. The van der Waals surface area contributed by atoms with E-state index < -0.39 is 0 Å². The molecule has 1 aliphatic rings. The Morgan fingerprint density at radius 1 is 1.00 bits per heavy atom. The first-order chi connectivity index (χ1) is 18.7. The third kappa shape index (κ3) is 7.76. The first-order valence-electron chi connectivity index (χ1n) is 13.7. The fraction of sp³-hybridized carbons (Fsp3) is 0.419. The Morgan fingerprint density at radius 3 is 2.68 bits per heavy atom. The van der Waals surface area contributed by atoms with Crippen molar-refractivity contribution in [1.82, 2.24) is 5.32 Å². The second-order valence-corrected chi connectivity index (χ2v) is 10.5. The first-order valence-corrected chi connectivity index (χ1v) is 14.5. The Morgan fingerprint density at radius 2 is 1.82 bits per heavy atom. The number of hydrogen-bond donors (Lipinski definition) is 1. The molecule has 2 heterocycles. The summed E-state index contributed by atoms with van der Waals surface area (Å²) < 4.78 is 14.3. The van der Waals surface area contributed by atoms with Gasteiger partial charge in [-0.1, -0.05) is 48.1 Å². The van der Waals surface area contributed by atoms with Crippen LogP contribution in [-0.2, 0) is 21.3 Å². The van der Waals surface area contributed by atoms with Gasteiger partial charge in [-0.25, -0.2) is 0 Å². The smallest absolute Gasteiger partial charge is 0.263 e. The van der Waals surface area contributed by atoms with Gasteiger partial charge >= 0.3 is 0 Å². The number of benzene rings is 2. The molecule has 0 spiro atoms. The SMILES string of the molecule is CCOCCOCCCNC(=O)CCCCCN1C=CC(=Cc2sc3ccccc3[n+]2C)c2ccccc21. The number of hydrogen-bond acceptors (Lipinski definition) is 5. The number of rotatable bonds is 15. The molecule has 202 valence electrons. The molecular formula is C31H40N3O3S+. The average molecular weight is 535 g/mol. The van der Waals surface area contributed by atoms with Crippen LogP contribution in [0.5, 0.6) is 0 Å². The fourth-order valence-electron chi connectivity index (χ4n) is 4.61. The van der Waals surface area contributed by atoms with E-state index in [1.165, 1.54) is 32.0 Å². The zero-order valence-corrected chi connectivity index (χ0v) is 23.5. The van der Waals surface area contributed by atoms with Crippen LogP contribution in [0.2, 0.25) is 0 Å². The molecule has 0 aliphatic carbocycles. The maximum atomic E-state index is 12.1. The summed E-state index contributed by atoms with van der Waals surface area (Å²) in [5, 5.41) is 4.23. The molecule has 0 bridgehead atoms. The molecule has 0 unspecified atom stereocenters. The van der Waals surface area contributed by atoms with Crippen LogP contribution in [0, 0.1) is 0 Å². The van der Waals surface area contributed by atoms with Crippen LogP contribution in [0.4, 0.5) is 5.69 Å². The number of para-hydroxylation sites is 2. The summed E-state index contributed by atoms with van der Waals surface area (Å²) in [4.78, 5) is 14.4. The summed E-state index contributed by atoms with van der Waals surface area (Å²) in [6.07, 6.45) is 11.1. The van der Waals surface area contributed by atoms with E-state index in [1.54, 1.807) is 0 Å². The lowest BCUT2D eigenvalue weighted by molar-refractivity contribution is -0.642. The normalized spacial score (nSPS) is 13.8. The number of anilines is 1. The van der Waals surface area contributed by atoms with E-state index in [9.17, 15) is 4.79 Å². The highest BCUT2D eigenvalue weighted by Gasteiger charge is 2.19. The molecule has 7 heteroatoms. The topological polar surface area (TPSA) is 54.7 Å². The Balaban J connectivity index is 1.21. The van der Waals surface area contributed by atoms with Crippen molar-refractivity contribution >= 4 is 44.8 Å². The van der Waals surface area contributed by atoms with Gasteiger partial charge < -0.3 is 19.7 Å². The van der Waals surface area contributed by atoms with Crippen molar-refractivity contribution in [3.05, 3.63) is 71.4 Å². The Labute approximate surface area is 230 Å². The second kappa shape index (κ2) is 14.8. The molecular weight excluding hydrogens is 494 g/mol. The van der Waals surface area contributed by atoms with Crippen LogP contribution in [0.25, 0.3) is 21.9 Å². The average Bonchev–Trinajstić information content (AvgIpc) is 3.26. The zero-order valence-electron chi connectivity index (χ0n) is 22.7. The number of carbonyl (C=O) groups is 1. The monoisotopic (exact) mass is 534 g/mol. The summed E-state index contributed by atoms with van der Waals surface area (Å²) in [6.45, 7) is 6.19. The quantitative estimate of drug-likeness (QED) is 0.200. The van der Waals surface area contributed by atoms with E-state index in [1.807, 2.05) is 18.3 Å². The molecule has 0 saturated heterocycles. The van der Waals surface area contributed by atoms with Crippen molar-refractivity contribution in [3.8, 4) is 0 Å². The Kier molecular flexibility index (Phi) is 10.9. The van der Waals surface area contributed by atoms with Gasteiger partial charge in [0.1, 0.15) is 11.7 Å². The molecule has 2 aromatic carbocycles. The Bertz CT molecular complexity index is 1250. The maximum absolute atomic E-state index is 12.1. The van der Waals surface area contributed by atoms with Crippen LogP contribution in [-0.4, -0.2) is 45.4 Å². The first kappa shape index (κ1) is 28.0. The van der Waals surface area contributed by atoms with Gasteiger partial charge in [-0.2, -0.15) is 4.57 Å². The van der Waals surface area contributed by atoms with Gasteiger partial charge in [-0.3, -0.25) is 4.79 Å². The summed E-state index contributed by atoms with van der Waals surface area (Å²) in [5.41, 5.74) is 4.99. The molecule has 1 aromatic heterocycles. The van der Waals surface area contributed by atoms with Crippen molar-refractivity contribution in [2.75, 3.05) is 44.4 Å². The number of nitrogens with one attached hydrogen (secondary N) is 1. The molecule has 1 amide bonds. The number of allylic oxidation sites excluding steroid dienone is 2. The van der Waals surface area contributed by atoms with Crippen LogP contribution in [0.15, 0.2) is 60.8 Å². The van der Waals surface area contributed by atoms with Gasteiger partial charge in [0.25, 0.3) is 5.01 Å². The van der Waals surface area contributed by atoms with Crippen molar-refractivity contribution in [2.45, 2.75) is 39.0 Å². The highest BCUT2D eigenvalue weighted by atomic mass is 32.1. The number of aromatic nitrogens is 1. The third-order valence-electron chi connectivity index (χ3n) is 6.68. The molecule has 0 saturated carbocycles. The molecule has 0 radical (unpaired) electrons. The lowest BCUT2D eigenvalue weighted by Gasteiger charge is -2.27. The van der Waals surface area contributed by atoms with Crippen molar-refractivity contribution in [1.29, 1.82) is 0 Å². The molecule has 4 rings (SSSR count). The number of fused-ring (bicyclic) bond motifs is 2. The number of nitrogens with zero attached hydrogens (tertiary/aromatic N) is 2. The number of thiazole rings is 1. The number of ether oxygens (including phenoxy) is 2. The third-order valence-corrected chi connectivity index (χ3v) is 7.84. The van der Waals surface area contributed by atoms with E-state index in [4.69, 9.17) is 9.47 Å². The lowest BCUT2D eigenvalue weighted by atomic mass is 9.99. The number of unbranched alkanes of at least 4 members (excludes halogenated alkanes) is 2. The second-order valence-electron chi connectivity index (χ2n) is 9.42. The van der Waals surface area contributed by atoms with Crippen LogP contribution < -0.4 is 14.8 Å². The molecule has 1 N–H and O–H groups in total. The van der Waals surface area contributed by atoms with Gasteiger partial charge in [0.2, 0.25) is 11.4 Å². The zero-order chi connectivity index (χ0) is 26.6. The highest BCUT2D eigenvalue weighted by molar-refractivity contribution is 7.18. The van der Waals surface area contributed by atoms with Crippen LogP contribution in [0.3, 0.4) is 0 Å². The van der Waals surface area contributed by atoms with E-state index in [2.05, 4.69) is 88.7 Å². The minimum Gasteiger partial charge on any atom is -0.379 e. The lowest BCUT2D eigenvalue weighted by Crippen LogP contribution is -2.29. The fourth-order valence-corrected chi connectivity index (χ4v) is 5.71. The number of amides is 1. The van der Waals surface area contributed by atoms with E-state index in [0.29, 0.717) is 39.4 Å². The van der Waals surface area contributed by atoms with Gasteiger partial charge in [0, 0.05) is 62.3 Å². The Hall–Kier alpha value is -3.00. The molecule has 0 fully saturated rings. The highest BCUT2D eigenvalue weighted by Crippen LogP contribution is 2.35. The standard InChI is InChI=1S/C31H39N3O3S/c1-3-36-22-23-37-21-11-18-32-30(35)16-5-4-10-19-34-20-17-25(26-12-6-7-13-27(26)34)24-31-33(2)28-14-8-9-15-29(28)38-31/h6-9,12-15,17,20,24H,3-5,10-11,16,18-19,21-23H2,1-2H3/p+1. The minimum atomic E-state index is 0.131. The van der Waals surface area contributed by atoms with E-state index >= 15 is 0 Å². The largest absolute Gasteiger partial charge is 0.379 e. The van der Waals surface area contributed by atoms with Crippen LogP contribution in [0.1, 0.15) is 49.6 Å². The molecule has 1 aliphatic heterocycles. The molecule has 38 heavy (non-hydrogen) atoms. The van der Waals surface area contributed by atoms with Crippen molar-refractivity contribution in [2.24, 2.45) is 7.05 Å². The molecule has 6 nitrogen and oxygen atoms in total. The predicted molar refractivity (Wildman–Crippen MR) is 157 cm³/mol. The molecule has 3 aromatic rings. The van der Waals surface area contributed by atoms with Gasteiger partial charge in [-0.15, -0.1) is 0 Å². The van der Waals surface area contributed by atoms with E-state index in [0.717, 1.165) is 32.2 Å². The summed E-state index contributed by atoms with van der Waals surface area (Å²) >= 11 is 1.82. The van der Waals surface area contributed by atoms with Crippen molar-refractivity contribution < 1.29 is 18.8 Å². The van der Waals surface area contributed by atoms with E-state index in [-0.39, 0.29) is 5.91 Å². The minimum absolute atomic E-state index is 0.131. The summed E-state index contributed by atoms with van der Waals surface area (Å²) in [6, 6.07) is 17.2. The summed E-state index contributed by atoms with van der Waals surface area (Å²) in [7, 11) is 2.14. The van der Waals surface area contributed by atoms with Gasteiger partial charge in [0.15, 0.2) is 0 Å². The summed E-state index contributed by atoms with van der Waals surface area (Å²) in [5.74, 6) is 0.131. The molecule has 0 atom stereocenters. The van der Waals surface area contributed by atoms with Crippen molar-refractivity contribution in [3.63, 3.8) is 0 Å². The number of carbonyl (C=O) groups excluding carboxylic acids is 1. The maximum Gasteiger partial charge on any atom is 0.263 e.